The molecular formula is C52H41N. The van der Waals surface area contributed by atoms with E-state index in [2.05, 4.69) is 209 Å². The van der Waals surface area contributed by atoms with Gasteiger partial charge in [0.15, 0.2) is 0 Å². The van der Waals surface area contributed by atoms with Gasteiger partial charge in [0.05, 0.1) is 5.69 Å². The van der Waals surface area contributed by atoms with Crippen LogP contribution >= 0.6 is 0 Å². The zero-order valence-electron chi connectivity index (χ0n) is 30.7. The Labute approximate surface area is 312 Å². The van der Waals surface area contributed by atoms with E-state index in [-0.39, 0.29) is 10.8 Å². The van der Waals surface area contributed by atoms with Gasteiger partial charge in [-0.3, -0.25) is 0 Å². The summed E-state index contributed by atoms with van der Waals surface area (Å²) in [6.07, 6.45) is 0. The van der Waals surface area contributed by atoms with Crippen molar-refractivity contribution >= 4 is 27.8 Å². The molecule has 10 rings (SSSR count). The second kappa shape index (κ2) is 11.7. The van der Waals surface area contributed by atoms with Gasteiger partial charge in [0.1, 0.15) is 0 Å². The molecule has 0 saturated heterocycles. The molecule has 8 aromatic carbocycles. The van der Waals surface area contributed by atoms with E-state index < -0.39 is 0 Å². The highest BCUT2D eigenvalue weighted by Crippen LogP contribution is 2.54. The zero-order chi connectivity index (χ0) is 35.9. The molecule has 0 aromatic heterocycles. The van der Waals surface area contributed by atoms with Crippen LogP contribution in [-0.4, -0.2) is 0 Å². The van der Waals surface area contributed by atoms with E-state index in [0.29, 0.717) is 0 Å². The SMILES string of the molecule is CC1(C)c2ccccc2-c2ccc(-c3ccc(N(c4cccc(-c5ccc6ccccc6c5)c4)c4cccc5c4C(C)(C)c4ccccc4-5)cc3)cc21. The fraction of sp³-hybridized carbons (Fsp3) is 0.115. The fourth-order valence-corrected chi connectivity index (χ4v) is 9.31. The third-order valence-corrected chi connectivity index (χ3v) is 12.0. The molecule has 0 spiro atoms. The number of anilines is 3. The molecule has 53 heavy (non-hydrogen) atoms. The van der Waals surface area contributed by atoms with Crippen LogP contribution in [0.4, 0.5) is 17.1 Å². The lowest BCUT2D eigenvalue weighted by Gasteiger charge is -2.32. The highest BCUT2D eigenvalue weighted by Gasteiger charge is 2.39. The molecule has 0 aliphatic heterocycles. The molecule has 254 valence electrons. The predicted octanol–water partition coefficient (Wildman–Crippen LogP) is 14.3. The van der Waals surface area contributed by atoms with Crippen molar-refractivity contribution in [2.75, 3.05) is 4.90 Å². The molecule has 8 aromatic rings. The van der Waals surface area contributed by atoms with E-state index in [0.717, 1.165) is 11.4 Å². The summed E-state index contributed by atoms with van der Waals surface area (Å²) in [5.74, 6) is 0. The lowest BCUT2D eigenvalue weighted by molar-refractivity contribution is 0.660. The van der Waals surface area contributed by atoms with Crippen molar-refractivity contribution in [1.29, 1.82) is 0 Å². The van der Waals surface area contributed by atoms with Gasteiger partial charge in [-0.25, -0.2) is 0 Å². The monoisotopic (exact) mass is 679 g/mol. The molecule has 0 saturated carbocycles. The first-order chi connectivity index (χ1) is 25.8. The number of benzene rings is 8. The number of rotatable bonds is 5. The van der Waals surface area contributed by atoms with Crippen LogP contribution < -0.4 is 4.90 Å². The van der Waals surface area contributed by atoms with Crippen LogP contribution in [0.15, 0.2) is 176 Å². The Balaban J connectivity index is 1.11. The average molecular weight is 680 g/mol. The summed E-state index contributed by atoms with van der Waals surface area (Å²) in [6.45, 7) is 9.46. The summed E-state index contributed by atoms with van der Waals surface area (Å²) in [4.78, 5) is 2.48. The van der Waals surface area contributed by atoms with Gasteiger partial charge in [-0.05, 0) is 120 Å². The fourth-order valence-electron chi connectivity index (χ4n) is 9.31. The van der Waals surface area contributed by atoms with Crippen LogP contribution in [0.25, 0.3) is 55.3 Å². The first-order valence-electron chi connectivity index (χ1n) is 18.8. The van der Waals surface area contributed by atoms with Crippen LogP contribution in [0.3, 0.4) is 0 Å². The molecule has 2 aliphatic rings. The quantitative estimate of drug-likeness (QED) is 0.175. The van der Waals surface area contributed by atoms with Crippen molar-refractivity contribution in [1.82, 2.24) is 0 Å². The Kier molecular flexibility index (Phi) is 6.94. The van der Waals surface area contributed by atoms with Crippen LogP contribution in [0.5, 0.6) is 0 Å². The minimum atomic E-state index is -0.161. The molecular weight excluding hydrogens is 639 g/mol. The molecule has 1 nitrogen and oxygen atoms in total. The van der Waals surface area contributed by atoms with Gasteiger partial charge < -0.3 is 4.90 Å². The number of fused-ring (bicyclic) bond motifs is 7. The van der Waals surface area contributed by atoms with Crippen molar-refractivity contribution in [3.8, 4) is 44.5 Å². The largest absolute Gasteiger partial charge is 0.310 e. The third-order valence-electron chi connectivity index (χ3n) is 12.0. The minimum Gasteiger partial charge on any atom is -0.310 e. The van der Waals surface area contributed by atoms with Gasteiger partial charge in [0.2, 0.25) is 0 Å². The van der Waals surface area contributed by atoms with E-state index in [1.807, 2.05) is 0 Å². The Bertz CT molecular complexity index is 2730. The van der Waals surface area contributed by atoms with Crippen molar-refractivity contribution in [2.45, 2.75) is 38.5 Å². The summed E-state index contributed by atoms with van der Waals surface area (Å²) in [7, 11) is 0. The molecule has 2 aliphatic carbocycles. The van der Waals surface area contributed by atoms with Crippen LogP contribution in [0.2, 0.25) is 0 Å². The molecule has 0 fully saturated rings. The van der Waals surface area contributed by atoms with E-state index in [9.17, 15) is 0 Å². The summed E-state index contributed by atoms with van der Waals surface area (Å²) in [5.41, 5.74) is 19.1. The van der Waals surface area contributed by atoms with Crippen molar-refractivity contribution in [2.24, 2.45) is 0 Å². The lowest BCUT2D eigenvalue weighted by Crippen LogP contribution is -2.20. The van der Waals surface area contributed by atoms with Gasteiger partial charge in [-0.2, -0.15) is 0 Å². The van der Waals surface area contributed by atoms with Crippen LogP contribution in [0, 0.1) is 0 Å². The Morgan fingerprint density at radius 3 is 1.70 bits per heavy atom. The molecule has 0 unspecified atom stereocenters. The second-order valence-electron chi connectivity index (χ2n) is 15.8. The first-order valence-corrected chi connectivity index (χ1v) is 18.8. The summed E-state index contributed by atoms with van der Waals surface area (Å²) < 4.78 is 0. The maximum absolute atomic E-state index is 2.48. The van der Waals surface area contributed by atoms with Crippen LogP contribution in [0.1, 0.15) is 49.9 Å². The zero-order valence-corrected chi connectivity index (χ0v) is 30.7. The highest BCUT2D eigenvalue weighted by molar-refractivity contribution is 5.93. The number of nitrogens with zero attached hydrogens (tertiary/aromatic N) is 1. The summed E-state index contributed by atoms with van der Waals surface area (Å²) in [6, 6.07) is 65.3. The summed E-state index contributed by atoms with van der Waals surface area (Å²) >= 11 is 0. The summed E-state index contributed by atoms with van der Waals surface area (Å²) in [5, 5.41) is 2.51. The Morgan fingerprint density at radius 1 is 0.340 bits per heavy atom. The molecule has 0 heterocycles. The average Bonchev–Trinajstić information content (AvgIpc) is 3.58. The maximum atomic E-state index is 2.48. The lowest BCUT2D eigenvalue weighted by atomic mass is 9.81. The van der Waals surface area contributed by atoms with Crippen LogP contribution in [-0.2, 0) is 10.8 Å². The van der Waals surface area contributed by atoms with Gasteiger partial charge >= 0.3 is 0 Å². The van der Waals surface area contributed by atoms with Gasteiger partial charge in [-0.1, -0.05) is 161 Å². The maximum Gasteiger partial charge on any atom is 0.0508 e. The smallest absolute Gasteiger partial charge is 0.0508 e. The second-order valence-corrected chi connectivity index (χ2v) is 15.8. The number of hydrogen-bond donors (Lipinski definition) is 0. The topological polar surface area (TPSA) is 3.24 Å². The van der Waals surface area contributed by atoms with Gasteiger partial charge in [-0.15, -0.1) is 0 Å². The Morgan fingerprint density at radius 2 is 0.906 bits per heavy atom. The third kappa shape index (κ3) is 4.84. The molecule has 0 N–H and O–H groups in total. The first kappa shape index (κ1) is 31.5. The van der Waals surface area contributed by atoms with E-state index >= 15 is 0 Å². The molecule has 0 radical (unpaired) electrons. The van der Waals surface area contributed by atoms with E-state index in [1.165, 1.54) is 83.2 Å². The molecule has 0 bridgehead atoms. The Hall–Kier alpha value is -6.18. The van der Waals surface area contributed by atoms with E-state index in [4.69, 9.17) is 0 Å². The van der Waals surface area contributed by atoms with Crippen molar-refractivity contribution in [3.05, 3.63) is 198 Å². The molecule has 0 amide bonds. The standard InChI is InChI=1S/C52H41N/c1-51(2)46-20-9-7-17-42(46)44-30-27-39(33-48(44)51)35-25-28-40(29-26-35)53(49-22-12-19-45-43-18-8-10-21-47(43)52(3,4)50(45)49)41-16-11-15-37(32-41)38-24-23-34-13-5-6-14-36(34)31-38/h5-33H,1-4H3. The predicted molar refractivity (Wildman–Crippen MR) is 225 cm³/mol. The van der Waals surface area contributed by atoms with E-state index in [1.54, 1.807) is 0 Å². The molecule has 0 atom stereocenters. The van der Waals surface area contributed by atoms with Crippen molar-refractivity contribution in [3.63, 3.8) is 0 Å². The van der Waals surface area contributed by atoms with Crippen molar-refractivity contribution < 1.29 is 0 Å². The normalized spacial score (nSPS) is 14.3. The van der Waals surface area contributed by atoms with Gasteiger partial charge in [0.25, 0.3) is 0 Å². The highest BCUT2D eigenvalue weighted by atomic mass is 15.1. The molecule has 1 heteroatoms. The van der Waals surface area contributed by atoms with Gasteiger partial charge in [0, 0.05) is 22.2 Å². The number of hydrogen-bond acceptors (Lipinski definition) is 1. The minimum absolute atomic E-state index is 0.0349.